The van der Waals surface area contributed by atoms with Gasteiger partial charge in [-0.1, -0.05) is 13.8 Å². The van der Waals surface area contributed by atoms with Crippen LogP contribution in [0.15, 0.2) is 10.3 Å². The summed E-state index contributed by atoms with van der Waals surface area (Å²) in [5.74, 6) is 0.865. The van der Waals surface area contributed by atoms with E-state index in [2.05, 4.69) is 5.32 Å². The van der Waals surface area contributed by atoms with E-state index in [-0.39, 0.29) is 0 Å². The average molecular weight is 351 g/mol. The number of hydrogen-bond donors (Lipinski definition) is 1. The molecular formula is C13H22N2O3S3. The van der Waals surface area contributed by atoms with Crippen LogP contribution in [-0.2, 0) is 27.4 Å². The molecule has 1 aliphatic rings. The largest absolute Gasteiger partial charge is 0.310 e. The maximum Gasteiger partial charge on any atom is 0.244 e. The van der Waals surface area contributed by atoms with E-state index < -0.39 is 20.8 Å². The van der Waals surface area contributed by atoms with E-state index in [1.807, 2.05) is 26.2 Å². The number of nitrogens with one attached hydrogen (secondary N) is 1. The summed E-state index contributed by atoms with van der Waals surface area (Å²) in [5.41, 5.74) is 0.798. The number of rotatable bonds is 5. The maximum atomic E-state index is 12.8. The van der Waals surface area contributed by atoms with Gasteiger partial charge in [-0.3, -0.25) is 4.21 Å². The Labute approximate surface area is 133 Å². The Bertz CT molecular complexity index is 613. The summed E-state index contributed by atoms with van der Waals surface area (Å²) in [7, 11) is -4.36. The summed E-state index contributed by atoms with van der Waals surface area (Å²) in [6.07, 6.45) is 0. The zero-order valence-corrected chi connectivity index (χ0v) is 15.0. The zero-order valence-electron chi connectivity index (χ0n) is 12.6. The molecular weight excluding hydrogens is 328 g/mol. The fourth-order valence-electron chi connectivity index (χ4n) is 2.24. The molecule has 0 spiro atoms. The Hall–Kier alpha value is -0.280. The van der Waals surface area contributed by atoms with E-state index >= 15 is 0 Å². The van der Waals surface area contributed by atoms with Crippen LogP contribution in [0.4, 0.5) is 0 Å². The first-order chi connectivity index (χ1) is 9.82. The van der Waals surface area contributed by atoms with Gasteiger partial charge in [-0.15, -0.1) is 11.3 Å². The molecule has 0 aliphatic carbocycles. The molecule has 21 heavy (non-hydrogen) atoms. The van der Waals surface area contributed by atoms with E-state index in [1.165, 1.54) is 15.6 Å². The second kappa shape index (κ2) is 6.87. The van der Waals surface area contributed by atoms with Gasteiger partial charge in [0.1, 0.15) is 4.90 Å². The van der Waals surface area contributed by atoms with Crippen molar-refractivity contribution < 1.29 is 12.6 Å². The van der Waals surface area contributed by atoms with Crippen molar-refractivity contribution in [3.63, 3.8) is 0 Å². The van der Waals surface area contributed by atoms with Crippen molar-refractivity contribution in [1.82, 2.24) is 9.62 Å². The average Bonchev–Trinajstić information content (AvgIpc) is 2.78. The van der Waals surface area contributed by atoms with Gasteiger partial charge < -0.3 is 5.32 Å². The normalized spacial score (nSPS) is 18.5. The first-order valence-electron chi connectivity index (χ1n) is 6.98. The second-order valence-corrected chi connectivity index (χ2v) is 9.99. The quantitative estimate of drug-likeness (QED) is 0.869. The van der Waals surface area contributed by atoms with Crippen molar-refractivity contribution >= 4 is 32.2 Å². The Kier molecular flexibility index (Phi) is 5.59. The lowest BCUT2D eigenvalue weighted by atomic mass is 10.3. The summed E-state index contributed by atoms with van der Waals surface area (Å²) in [6.45, 7) is 7.17. The van der Waals surface area contributed by atoms with Crippen LogP contribution in [-0.4, -0.2) is 47.6 Å². The van der Waals surface area contributed by atoms with Gasteiger partial charge in [-0.25, -0.2) is 8.42 Å². The lowest BCUT2D eigenvalue weighted by Gasteiger charge is -2.26. The molecule has 1 fully saturated rings. The second-order valence-electron chi connectivity index (χ2n) is 5.46. The fourth-order valence-corrected chi connectivity index (χ4v) is 6.68. The van der Waals surface area contributed by atoms with Crippen molar-refractivity contribution in [2.75, 3.05) is 24.6 Å². The molecule has 8 heteroatoms. The summed E-state index contributed by atoms with van der Waals surface area (Å²) >= 11 is 1.48. The molecule has 2 rings (SSSR count). The summed E-state index contributed by atoms with van der Waals surface area (Å²) in [5, 5.41) is 5.17. The highest BCUT2D eigenvalue weighted by molar-refractivity contribution is 7.89. The van der Waals surface area contributed by atoms with Gasteiger partial charge in [0.2, 0.25) is 10.0 Å². The van der Waals surface area contributed by atoms with E-state index in [9.17, 15) is 12.6 Å². The van der Waals surface area contributed by atoms with Crippen LogP contribution in [0.25, 0.3) is 0 Å². The van der Waals surface area contributed by atoms with Gasteiger partial charge in [-0.05, 0) is 17.9 Å². The first-order valence-corrected chi connectivity index (χ1v) is 10.8. The molecule has 1 saturated heterocycles. The van der Waals surface area contributed by atoms with Crippen molar-refractivity contribution in [1.29, 1.82) is 0 Å². The lowest BCUT2D eigenvalue weighted by molar-refractivity contribution is 0.437. The molecule has 0 saturated carbocycles. The predicted molar refractivity (Wildman–Crippen MR) is 87.7 cm³/mol. The molecule has 120 valence electrons. The van der Waals surface area contributed by atoms with Crippen molar-refractivity contribution in [3.8, 4) is 0 Å². The first kappa shape index (κ1) is 17.1. The molecule has 1 aromatic rings. The van der Waals surface area contributed by atoms with Crippen LogP contribution in [0.5, 0.6) is 0 Å². The van der Waals surface area contributed by atoms with Gasteiger partial charge in [0.05, 0.1) is 0 Å². The third kappa shape index (κ3) is 3.92. The highest BCUT2D eigenvalue weighted by atomic mass is 32.2. The highest BCUT2D eigenvalue weighted by Crippen LogP contribution is 2.30. The predicted octanol–water partition coefficient (Wildman–Crippen LogP) is 1.31. The highest BCUT2D eigenvalue weighted by Gasteiger charge is 2.32. The van der Waals surface area contributed by atoms with Crippen molar-refractivity contribution in [3.05, 3.63) is 15.8 Å². The van der Waals surface area contributed by atoms with Crippen molar-refractivity contribution in [2.45, 2.75) is 38.3 Å². The smallest absolute Gasteiger partial charge is 0.244 e. The molecule has 0 atom stereocenters. The third-order valence-corrected chi connectivity index (χ3v) is 8.03. The minimum atomic E-state index is -3.48. The summed E-state index contributed by atoms with van der Waals surface area (Å²) in [4.78, 5) is 1.29. The topological polar surface area (TPSA) is 66.5 Å². The maximum absolute atomic E-state index is 12.8. The Morgan fingerprint density at radius 3 is 2.57 bits per heavy atom. The van der Waals surface area contributed by atoms with Gasteiger partial charge in [0.25, 0.3) is 0 Å². The SMILES string of the molecule is Cc1csc(CNC(C)C)c1S(=O)(=O)N1CCS(=O)CC1. The lowest BCUT2D eigenvalue weighted by Crippen LogP contribution is -2.42. The van der Waals surface area contributed by atoms with Crippen LogP contribution < -0.4 is 5.32 Å². The van der Waals surface area contributed by atoms with E-state index in [0.29, 0.717) is 42.1 Å². The molecule has 2 heterocycles. The minimum Gasteiger partial charge on any atom is -0.310 e. The zero-order chi connectivity index (χ0) is 15.6. The Balaban J connectivity index is 2.27. The molecule has 1 aliphatic heterocycles. The Morgan fingerprint density at radius 2 is 2.00 bits per heavy atom. The fraction of sp³-hybridized carbons (Fsp3) is 0.692. The summed E-state index contributed by atoms with van der Waals surface area (Å²) in [6, 6.07) is 0.306. The molecule has 5 nitrogen and oxygen atoms in total. The molecule has 0 radical (unpaired) electrons. The Morgan fingerprint density at radius 1 is 1.38 bits per heavy atom. The molecule has 0 bridgehead atoms. The van der Waals surface area contributed by atoms with Crippen LogP contribution in [0.1, 0.15) is 24.3 Å². The number of hydrogen-bond acceptors (Lipinski definition) is 5. The standard InChI is InChI=1S/C13H22N2O3S3/c1-10(2)14-8-12-13(11(3)9-19-12)21(17,18)15-4-6-20(16)7-5-15/h9-10,14H,4-8H2,1-3H3. The van der Waals surface area contributed by atoms with Crippen molar-refractivity contribution in [2.24, 2.45) is 0 Å². The van der Waals surface area contributed by atoms with E-state index in [1.54, 1.807) is 0 Å². The number of aryl methyl sites for hydroxylation is 1. The van der Waals surface area contributed by atoms with Crippen LogP contribution in [0.3, 0.4) is 0 Å². The van der Waals surface area contributed by atoms with Crippen LogP contribution >= 0.6 is 11.3 Å². The molecule has 0 aromatic carbocycles. The number of thiophene rings is 1. The number of sulfonamides is 1. The number of nitrogens with zero attached hydrogens (tertiary/aromatic N) is 1. The van der Waals surface area contributed by atoms with Gasteiger partial charge in [0, 0.05) is 52.9 Å². The van der Waals surface area contributed by atoms with E-state index in [0.717, 1.165) is 10.4 Å². The van der Waals surface area contributed by atoms with Crippen LogP contribution in [0.2, 0.25) is 0 Å². The van der Waals surface area contributed by atoms with E-state index in [4.69, 9.17) is 0 Å². The molecule has 0 unspecified atom stereocenters. The molecule has 1 aromatic heterocycles. The minimum absolute atomic E-state index is 0.306. The molecule has 0 amide bonds. The summed E-state index contributed by atoms with van der Waals surface area (Å²) < 4.78 is 38.6. The molecule has 1 N–H and O–H groups in total. The van der Waals surface area contributed by atoms with Gasteiger partial charge in [0.15, 0.2) is 0 Å². The third-order valence-electron chi connectivity index (χ3n) is 3.39. The van der Waals surface area contributed by atoms with Crippen LogP contribution in [0, 0.1) is 6.92 Å². The van der Waals surface area contributed by atoms with Gasteiger partial charge in [-0.2, -0.15) is 4.31 Å². The monoisotopic (exact) mass is 350 g/mol. The van der Waals surface area contributed by atoms with Gasteiger partial charge >= 0.3 is 0 Å².